The van der Waals surface area contributed by atoms with Gasteiger partial charge in [0.05, 0.1) is 11.0 Å². The number of ether oxygens (including phenoxy) is 1. The number of nitrogens with one attached hydrogen (secondary N) is 1. The molecule has 2 rings (SSSR count). The molecule has 0 aromatic heterocycles. The normalized spacial score (nSPS) is 10.4. The number of halogens is 1. The summed E-state index contributed by atoms with van der Waals surface area (Å²) >= 11 is 3.42. The molecule has 5 nitrogen and oxygen atoms in total. The topological polar surface area (TPSA) is 64.4 Å². The summed E-state index contributed by atoms with van der Waals surface area (Å²) in [4.78, 5) is 10.4. The number of aryl methyl sites for hydroxylation is 1. The van der Waals surface area contributed by atoms with E-state index < -0.39 is 4.92 Å². The molecule has 6 heteroatoms. The quantitative estimate of drug-likeness (QED) is 0.648. The number of nitrogens with zero attached hydrogens (tertiary/aromatic N) is 1. The number of hydrogen-bond acceptors (Lipinski definition) is 4. The van der Waals surface area contributed by atoms with E-state index in [2.05, 4.69) is 21.2 Å². The molecule has 0 saturated carbocycles. The number of nitro groups is 1. The van der Waals surface area contributed by atoms with Crippen molar-refractivity contribution in [1.29, 1.82) is 0 Å². The molecule has 21 heavy (non-hydrogen) atoms. The van der Waals surface area contributed by atoms with Gasteiger partial charge in [0.1, 0.15) is 11.5 Å². The number of nitro benzene ring substituents is 1. The van der Waals surface area contributed by atoms with Gasteiger partial charge in [0.25, 0.3) is 5.69 Å². The maximum atomic E-state index is 10.9. The zero-order chi connectivity index (χ0) is 15.4. The van der Waals surface area contributed by atoms with E-state index >= 15 is 0 Å². The number of benzene rings is 2. The SMILES string of the molecule is CNCc1cc(Br)ccc1Oc1cc([N+](=O)[O-])ccc1C. The van der Waals surface area contributed by atoms with Gasteiger partial charge in [0.2, 0.25) is 0 Å². The summed E-state index contributed by atoms with van der Waals surface area (Å²) in [5, 5.41) is 13.9. The van der Waals surface area contributed by atoms with Crippen molar-refractivity contribution < 1.29 is 9.66 Å². The Kier molecular flexibility index (Phi) is 4.93. The van der Waals surface area contributed by atoms with Gasteiger partial charge in [-0.05, 0) is 43.8 Å². The van der Waals surface area contributed by atoms with Crippen LogP contribution in [0.4, 0.5) is 5.69 Å². The molecule has 0 aliphatic heterocycles. The molecule has 0 bridgehead atoms. The molecular formula is C15H15BrN2O3. The first-order valence-electron chi connectivity index (χ1n) is 6.37. The van der Waals surface area contributed by atoms with Crippen LogP contribution in [0, 0.1) is 17.0 Å². The van der Waals surface area contributed by atoms with E-state index in [4.69, 9.17) is 4.74 Å². The van der Waals surface area contributed by atoms with Gasteiger partial charge in [-0.15, -0.1) is 0 Å². The lowest BCUT2D eigenvalue weighted by Crippen LogP contribution is -2.06. The van der Waals surface area contributed by atoms with Crippen molar-refractivity contribution >= 4 is 21.6 Å². The van der Waals surface area contributed by atoms with Gasteiger partial charge in [-0.3, -0.25) is 10.1 Å². The van der Waals surface area contributed by atoms with E-state index in [9.17, 15) is 10.1 Å². The highest BCUT2D eigenvalue weighted by atomic mass is 79.9. The van der Waals surface area contributed by atoms with Gasteiger partial charge in [-0.2, -0.15) is 0 Å². The van der Waals surface area contributed by atoms with E-state index in [-0.39, 0.29) is 5.69 Å². The standard InChI is InChI=1S/C15H15BrN2O3/c1-10-3-5-13(18(19)20)8-15(10)21-14-6-4-12(16)7-11(14)9-17-2/h3-8,17H,9H2,1-2H3. The lowest BCUT2D eigenvalue weighted by atomic mass is 10.2. The van der Waals surface area contributed by atoms with Crippen molar-refractivity contribution in [1.82, 2.24) is 5.32 Å². The zero-order valence-electron chi connectivity index (χ0n) is 11.7. The van der Waals surface area contributed by atoms with E-state index in [0.29, 0.717) is 18.0 Å². The Labute approximate surface area is 131 Å². The van der Waals surface area contributed by atoms with Crippen LogP contribution in [0.3, 0.4) is 0 Å². The van der Waals surface area contributed by atoms with Crippen LogP contribution < -0.4 is 10.1 Å². The molecule has 0 aliphatic carbocycles. The summed E-state index contributed by atoms with van der Waals surface area (Å²) in [6.45, 7) is 2.50. The first kappa shape index (κ1) is 15.5. The highest BCUT2D eigenvalue weighted by Crippen LogP contribution is 2.32. The first-order chi connectivity index (χ1) is 10.0. The average Bonchev–Trinajstić information content (AvgIpc) is 2.44. The van der Waals surface area contributed by atoms with Crippen LogP contribution in [0.25, 0.3) is 0 Å². The van der Waals surface area contributed by atoms with Crippen LogP contribution in [0.15, 0.2) is 40.9 Å². The minimum atomic E-state index is -0.428. The maximum absolute atomic E-state index is 10.9. The van der Waals surface area contributed by atoms with E-state index in [1.165, 1.54) is 12.1 Å². The number of rotatable bonds is 5. The van der Waals surface area contributed by atoms with Crippen molar-refractivity contribution in [2.45, 2.75) is 13.5 Å². The third-order valence-corrected chi connectivity index (χ3v) is 3.49. The molecule has 0 unspecified atom stereocenters. The van der Waals surface area contributed by atoms with Crippen LogP contribution in [0.5, 0.6) is 11.5 Å². The third-order valence-electron chi connectivity index (χ3n) is 2.99. The van der Waals surface area contributed by atoms with Crippen LogP contribution in [0.1, 0.15) is 11.1 Å². The van der Waals surface area contributed by atoms with E-state index in [1.807, 2.05) is 32.2 Å². The predicted molar refractivity (Wildman–Crippen MR) is 84.8 cm³/mol. The third kappa shape index (κ3) is 3.80. The van der Waals surface area contributed by atoms with Gasteiger partial charge in [0.15, 0.2) is 0 Å². The van der Waals surface area contributed by atoms with Crippen molar-refractivity contribution in [3.8, 4) is 11.5 Å². The van der Waals surface area contributed by atoms with Crippen LogP contribution in [0.2, 0.25) is 0 Å². The molecule has 2 aromatic rings. The fraction of sp³-hybridized carbons (Fsp3) is 0.200. The minimum absolute atomic E-state index is 0.0166. The van der Waals surface area contributed by atoms with Crippen LogP contribution in [-0.2, 0) is 6.54 Å². The Balaban J connectivity index is 2.37. The zero-order valence-corrected chi connectivity index (χ0v) is 13.3. The molecule has 0 atom stereocenters. The second-order valence-electron chi connectivity index (χ2n) is 4.59. The molecule has 1 N–H and O–H groups in total. The van der Waals surface area contributed by atoms with Crippen molar-refractivity contribution in [2.24, 2.45) is 0 Å². The van der Waals surface area contributed by atoms with E-state index in [0.717, 1.165) is 15.6 Å². The lowest BCUT2D eigenvalue weighted by Gasteiger charge is -2.13. The average molecular weight is 351 g/mol. The van der Waals surface area contributed by atoms with Crippen LogP contribution in [-0.4, -0.2) is 12.0 Å². The van der Waals surface area contributed by atoms with E-state index in [1.54, 1.807) is 6.07 Å². The Morgan fingerprint density at radius 3 is 2.67 bits per heavy atom. The lowest BCUT2D eigenvalue weighted by molar-refractivity contribution is -0.384. The van der Waals surface area contributed by atoms with Gasteiger partial charge in [-0.25, -0.2) is 0 Å². The molecule has 0 saturated heterocycles. The molecule has 0 heterocycles. The smallest absolute Gasteiger partial charge is 0.273 e. The molecule has 0 radical (unpaired) electrons. The highest BCUT2D eigenvalue weighted by molar-refractivity contribution is 9.10. The number of non-ortho nitro benzene ring substituents is 1. The molecule has 110 valence electrons. The molecule has 0 spiro atoms. The van der Waals surface area contributed by atoms with Gasteiger partial charge in [0, 0.05) is 22.6 Å². The Hall–Kier alpha value is -1.92. The number of hydrogen-bond donors (Lipinski definition) is 1. The summed E-state index contributed by atoms with van der Waals surface area (Å²) in [7, 11) is 1.85. The first-order valence-corrected chi connectivity index (χ1v) is 7.16. The summed E-state index contributed by atoms with van der Waals surface area (Å²) in [6.07, 6.45) is 0. The maximum Gasteiger partial charge on any atom is 0.273 e. The Bertz CT molecular complexity index is 674. The Morgan fingerprint density at radius 2 is 2.00 bits per heavy atom. The molecule has 0 aliphatic rings. The summed E-state index contributed by atoms with van der Waals surface area (Å²) in [6, 6.07) is 10.3. The molecule has 0 amide bonds. The monoisotopic (exact) mass is 350 g/mol. The fourth-order valence-corrected chi connectivity index (χ4v) is 2.32. The van der Waals surface area contributed by atoms with Gasteiger partial charge >= 0.3 is 0 Å². The van der Waals surface area contributed by atoms with Crippen molar-refractivity contribution in [3.05, 3.63) is 62.1 Å². The predicted octanol–water partition coefficient (Wildman–Crippen LogP) is 4.18. The summed E-state index contributed by atoms with van der Waals surface area (Å²) in [5.41, 5.74) is 1.83. The molecule has 0 fully saturated rings. The molecule has 2 aromatic carbocycles. The highest BCUT2D eigenvalue weighted by Gasteiger charge is 2.12. The van der Waals surface area contributed by atoms with Crippen molar-refractivity contribution in [3.63, 3.8) is 0 Å². The second kappa shape index (κ2) is 6.69. The van der Waals surface area contributed by atoms with Gasteiger partial charge < -0.3 is 10.1 Å². The molecular weight excluding hydrogens is 336 g/mol. The van der Waals surface area contributed by atoms with Crippen LogP contribution >= 0.6 is 15.9 Å². The van der Waals surface area contributed by atoms with Crippen molar-refractivity contribution in [2.75, 3.05) is 7.05 Å². The summed E-state index contributed by atoms with van der Waals surface area (Å²) in [5.74, 6) is 1.17. The second-order valence-corrected chi connectivity index (χ2v) is 5.51. The summed E-state index contributed by atoms with van der Waals surface area (Å²) < 4.78 is 6.83. The fourth-order valence-electron chi connectivity index (χ4n) is 1.91. The largest absolute Gasteiger partial charge is 0.456 e. The Morgan fingerprint density at radius 1 is 1.24 bits per heavy atom. The minimum Gasteiger partial charge on any atom is -0.456 e. The van der Waals surface area contributed by atoms with Gasteiger partial charge in [-0.1, -0.05) is 15.9 Å².